The highest BCUT2D eigenvalue weighted by molar-refractivity contribution is 5.58. The molecule has 2 aromatic rings. The van der Waals surface area contributed by atoms with E-state index in [4.69, 9.17) is 4.98 Å². The van der Waals surface area contributed by atoms with E-state index < -0.39 is 0 Å². The summed E-state index contributed by atoms with van der Waals surface area (Å²) in [5, 5.41) is 0. The molecule has 0 N–H and O–H groups in total. The third-order valence-electron chi connectivity index (χ3n) is 4.52. The summed E-state index contributed by atoms with van der Waals surface area (Å²) in [6.45, 7) is 4.67. The van der Waals surface area contributed by atoms with Crippen molar-refractivity contribution in [1.82, 2.24) is 9.88 Å². The van der Waals surface area contributed by atoms with Crippen LogP contribution in [0, 0.1) is 0 Å². The Balaban J connectivity index is 1.75. The topological polar surface area (TPSA) is 19.4 Å². The predicted octanol–water partition coefficient (Wildman–Crippen LogP) is 4.40. The SMILES string of the molecule is CCCN1CCC[C@@H]1c1ccc(N(C)c2ccccc2)nc1. The van der Waals surface area contributed by atoms with E-state index in [1.54, 1.807) is 0 Å². The molecule has 3 nitrogen and oxygen atoms in total. The highest BCUT2D eigenvalue weighted by atomic mass is 15.2. The summed E-state index contributed by atoms with van der Waals surface area (Å²) in [5.74, 6) is 0.995. The molecule has 1 atom stereocenters. The lowest BCUT2D eigenvalue weighted by molar-refractivity contribution is 0.257. The summed E-state index contributed by atoms with van der Waals surface area (Å²) >= 11 is 0. The number of rotatable bonds is 5. The Morgan fingerprint density at radius 2 is 2.00 bits per heavy atom. The Bertz CT molecular complexity index is 579. The van der Waals surface area contributed by atoms with Crippen molar-refractivity contribution in [2.75, 3.05) is 25.0 Å². The van der Waals surface area contributed by atoms with Crippen LogP contribution >= 0.6 is 0 Å². The van der Waals surface area contributed by atoms with Gasteiger partial charge in [-0.25, -0.2) is 4.98 Å². The van der Waals surface area contributed by atoms with Crippen molar-refractivity contribution in [3.05, 3.63) is 54.2 Å². The third-order valence-corrected chi connectivity index (χ3v) is 4.52. The maximum atomic E-state index is 4.69. The third kappa shape index (κ3) is 3.14. The second-order valence-electron chi connectivity index (χ2n) is 6.04. The summed E-state index contributed by atoms with van der Waals surface area (Å²) in [6, 6.07) is 15.3. The summed E-state index contributed by atoms with van der Waals surface area (Å²) in [5.41, 5.74) is 2.52. The van der Waals surface area contributed by atoms with E-state index in [1.807, 2.05) is 6.07 Å². The summed E-state index contributed by atoms with van der Waals surface area (Å²) < 4.78 is 0. The van der Waals surface area contributed by atoms with Gasteiger partial charge in [0.2, 0.25) is 0 Å². The number of benzene rings is 1. The Kier molecular flexibility index (Phi) is 4.74. The smallest absolute Gasteiger partial charge is 0.132 e. The Hall–Kier alpha value is -1.87. The van der Waals surface area contributed by atoms with Gasteiger partial charge in [-0.15, -0.1) is 0 Å². The average Bonchev–Trinajstić information content (AvgIpc) is 3.04. The van der Waals surface area contributed by atoms with Crippen molar-refractivity contribution in [1.29, 1.82) is 0 Å². The van der Waals surface area contributed by atoms with Gasteiger partial charge in [0.15, 0.2) is 0 Å². The summed E-state index contributed by atoms with van der Waals surface area (Å²) in [6.07, 6.45) is 5.85. The van der Waals surface area contributed by atoms with Crippen molar-refractivity contribution < 1.29 is 0 Å². The van der Waals surface area contributed by atoms with Crippen LogP contribution in [-0.2, 0) is 0 Å². The van der Waals surface area contributed by atoms with Crippen LogP contribution in [0.25, 0.3) is 0 Å². The van der Waals surface area contributed by atoms with Gasteiger partial charge in [-0.1, -0.05) is 31.2 Å². The quantitative estimate of drug-likeness (QED) is 0.815. The molecule has 3 heteroatoms. The van der Waals surface area contributed by atoms with Gasteiger partial charge in [-0.2, -0.15) is 0 Å². The Morgan fingerprint density at radius 3 is 2.68 bits per heavy atom. The van der Waals surface area contributed by atoms with E-state index in [0.29, 0.717) is 6.04 Å². The largest absolute Gasteiger partial charge is 0.329 e. The van der Waals surface area contributed by atoms with Crippen LogP contribution in [0.4, 0.5) is 11.5 Å². The molecule has 3 rings (SSSR count). The number of hydrogen-bond donors (Lipinski definition) is 0. The molecule has 1 saturated heterocycles. The number of aromatic nitrogens is 1. The lowest BCUT2D eigenvalue weighted by Crippen LogP contribution is -2.24. The fourth-order valence-electron chi connectivity index (χ4n) is 3.34. The molecule has 0 aliphatic carbocycles. The zero-order chi connectivity index (χ0) is 15.4. The van der Waals surface area contributed by atoms with Gasteiger partial charge < -0.3 is 4.90 Å². The first-order valence-electron chi connectivity index (χ1n) is 8.28. The van der Waals surface area contributed by atoms with Crippen molar-refractivity contribution in [3.8, 4) is 0 Å². The number of pyridine rings is 1. The molecule has 1 aliphatic heterocycles. The molecule has 0 bridgehead atoms. The van der Waals surface area contributed by atoms with Crippen LogP contribution in [0.5, 0.6) is 0 Å². The number of nitrogens with zero attached hydrogens (tertiary/aromatic N) is 3. The molecule has 116 valence electrons. The van der Waals surface area contributed by atoms with Crippen molar-refractivity contribution in [2.45, 2.75) is 32.2 Å². The fraction of sp³-hybridized carbons (Fsp3) is 0.421. The molecule has 22 heavy (non-hydrogen) atoms. The lowest BCUT2D eigenvalue weighted by Gasteiger charge is -2.25. The van der Waals surface area contributed by atoms with Crippen LogP contribution in [0.2, 0.25) is 0 Å². The zero-order valence-corrected chi connectivity index (χ0v) is 13.6. The first kappa shape index (κ1) is 15.0. The molecule has 0 saturated carbocycles. The zero-order valence-electron chi connectivity index (χ0n) is 13.6. The molecule has 0 radical (unpaired) electrons. The number of anilines is 2. The Labute approximate surface area is 133 Å². The molecular formula is C19H25N3. The van der Waals surface area contributed by atoms with E-state index in [0.717, 1.165) is 11.5 Å². The molecule has 0 unspecified atom stereocenters. The first-order chi connectivity index (χ1) is 10.8. The fourth-order valence-corrected chi connectivity index (χ4v) is 3.34. The minimum Gasteiger partial charge on any atom is -0.329 e. The van der Waals surface area contributed by atoms with Gasteiger partial charge in [0.1, 0.15) is 5.82 Å². The Morgan fingerprint density at radius 1 is 1.18 bits per heavy atom. The van der Waals surface area contributed by atoms with Gasteiger partial charge in [0.05, 0.1) is 0 Å². The predicted molar refractivity (Wildman–Crippen MR) is 92.6 cm³/mol. The number of hydrogen-bond acceptors (Lipinski definition) is 3. The second-order valence-corrected chi connectivity index (χ2v) is 6.04. The second kappa shape index (κ2) is 6.93. The van der Waals surface area contributed by atoms with Crippen molar-refractivity contribution in [3.63, 3.8) is 0 Å². The maximum Gasteiger partial charge on any atom is 0.132 e. The molecule has 1 aromatic carbocycles. The molecule has 2 heterocycles. The van der Waals surface area contributed by atoms with E-state index in [1.165, 1.54) is 37.9 Å². The molecule has 0 spiro atoms. The minimum atomic E-state index is 0.559. The summed E-state index contributed by atoms with van der Waals surface area (Å²) in [7, 11) is 2.07. The van der Waals surface area contributed by atoms with Crippen molar-refractivity contribution in [2.24, 2.45) is 0 Å². The number of likely N-dealkylation sites (tertiary alicyclic amines) is 1. The normalized spacial score (nSPS) is 18.5. The van der Waals surface area contributed by atoms with Gasteiger partial charge >= 0.3 is 0 Å². The maximum absolute atomic E-state index is 4.69. The van der Waals surface area contributed by atoms with Gasteiger partial charge in [-0.3, -0.25) is 4.90 Å². The highest BCUT2D eigenvalue weighted by Gasteiger charge is 2.25. The van der Waals surface area contributed by atoms with Crippen LogP contribution in [0.15, 0.2) is 48.7 Å². The van der Waals surface area contributed by atoms with Gasteiger partial charge in [-0.05, 0) is 56.1 Å². The highest BCUT2D eigenvalue weighted by Crippen LogP contribution is 2.32. The minimum absolute atomic E-state index is 0.559. The number of para-hydroxylation sites is 1. The van der Waals surface area contributed by atoms with Crippen LogP contribution < -0.4 is 4.90 Å². The molecular weight excluding hydrogens is 270 g/mol. The summed E-state index contributed by atoms with van der Waals surface area (Å²) in [4.78, 5) is 9.42. The van der Waals surface area contributed by atoms with E-state index >= 15 is 0 Å². The molecule has 0 amide bonds. The average molecular weight is 295 g/mol. The standard InChI is InChI=1S/C19H25N3/c1-3-13-22-14-7-10-18(22)16-11-12-19(20-15-16)21(2)17-8-5-4-6-9-17/h4-6,8-9,11-12,15,18H,3,7,10,13-14H2,1-2H3/t18-/m1/s1. The van der Waals surface area contributed by atoms with Crippen LogP contribution in [0.3, 0.4) is 0 Å². The van der Waals surface area contributed by atoms with Crippen molar-refractivity contribution >= 4 is 11.5 Å². The van der Waals surface area contributed by atoms with E-state index in [2.05, 4.69) is 66.4 Å². The van der Waals surface area contributed by atoms with Crippen LogP contribution in [0.1, 0.15) is 37.8 Å². The lowest BCUT2D eigenvalue weighted by atomic mass is 10.1. The van der Waals surface area contributed by atoms with E-state index in [9.17, 15) is 0 Å². The first-order valence-corrected chi connectivity index (χ1v) is 8.28. The van der Waals surface area contributed by atoms with Crippen LogP contribution in [-0.4, -0.2) is 30.0 Å². The molecule has 1 aliphatic rings. The molecule has 1 fully saturated rings. The monoisotopic (exact) mass is 295 g/mol. The molecule has 1 aromatic heterocycles. The van der Waals surface area contributed by atoms with E-state index in [-0.39, 0.29) is 0 Å². The van der Waals surface area contributed by atoms with Gasteiger partial charge in [0, 0.05) is 25.0 Å². The van der Waals surface area contributed by atoms with Gasteiger partial charge in [0.25, 0.3) is 0 Å².